The summed E-state index contributed by atoms with van der Waals surface area (Å²) in [5, 5.41) is 17.7. The molecule has 1 atom stereocenters. The van der Waals surface area contributed by atoms with Gasteiger partial charge in [-0.05, 0) is 6.42 Å². The second kappa shape index (κ2) is 17.2. The number of aliphatic hydroxyl groups excluding tert-OH is 1. The van der Waals surface area contributed by atoms with Crippen molar-refractivity contribution in [1.29, 1.82) is 0 Å². The average Bonchev–Trinajstić information content (AvgIpc) is 3.23. The highest BCUT2D eigenvalue weighted by Gasteiger charge is 2.11. The zero-order chi connectivity index (χ0) is 23.6. The molecule has 9 heteroatoms. The summed E-state index contributed by atoms with van der Waals surface area (Å²) in [5.41, 5.74) is 5.65. The molecule has 0 radical (unpaired) electrons. The molecule has 0 saturated heterocycles. The van der Waals surface area contributed by atoms with Gasteiger partial charge in [-0.3, -0.25) is 9.78 Å². The lowest BCUT2D eigenvalue weighted by Gasteiger charge is -2.05. The van der Waals surface area contributed by atoms with Crippen LogP contribution >= 0.6 is 0 Å². The molecule has 0 amide bonds. The largest absolute Gasteiger partial charge is 0.479 e. The molecule has 0 fully saturated rings. The number of nitrogens with zero attached hydrogens (tertiary/aromatic N) is 2. The Bertz CT molecular complexity index is 805. The number of nitrogen functional groups attached to an aromatic ring is 1. The van der Waals surface area contributed by atoms with Crippen LogP contribution in [0, 0.1) is 0 Å². The van der Waals surface area contributed by atoms with Crippen LogP contribution in [0.2, 0.25) is 0 Å². The van der Waals surface area contributed by atoms with E-state index >= 15 is 0 Å². The third kappa shape index (κ3) is 12.4. The summed E-state index contributed by atoms with van der Waals surface area (Å²) in [6.45, 7) is 2.26. The van der Waals surface area contributed by atoms with Crippen molar-refractivity contribution in [1.82, 2.24) is 19.9 Å². The van der Waals surface area contributed by atoms with Crippen molar-refractivity contribution in [3.63, 3.8) is 0 Å². The Labute approximate surface area is 190 Å². The molecule has 2 rings (SSSR count). The number of hydrogen-bond donors (Lipinski definition) is 5. The van der Waals surface area contributed by atoms with Crippen LogP contribution in [0.1, 0.15) is 103 Å². The number of imidazole rings is 1. The number of anilines is 1. The van der Waals surface area contributed by atoms with Gasteiger partial charge in [-0.25, -0.2) is 9.78 Å². The number of unbranched alkanes of at least 4 members (excludes halogenated alkanes) is 13. The van der Waals surface area contributed by atoms with Crippen molar-refractivity contribution in [2.24, 2.45) is 0 Å². The highest BCUT2D eigenvalue weighted by Crippen LogP contribution is 2.13. The second-order valence-corrected chi connectivity index (χ2v) is 8.29. The smallest absolute Gasteiger partial charge is 0.332 e. The topological polar surface area (TPSA) is 158 Å². The summed E-state index contributed by atoms with van der Waals surface area (Å²) in [7, 11) is 0. The minimum absolute atomic E-state index is 0.0783. The second-order valence-electron chi connectivity index (χ2n) is 8.29. The number of hydrogen-bond acceptors (Lipinski definition) is 6. The molecule has 0 aliphatic heterocycles. The van der Waals surface area contributed by atoms with Crippen molar-refractivity contribution in [2.45, 2.75) is 109 Å². The lowest BCUT2D eigenvalue weighted by Crippen LogP contribution is -2.18. The van der Waals surface area contributed by atoms with Crippen molar-refractivity contribution in [2.75, 3.05) is 5.73 Å². The monoisotopic (exact) mass is 451 g/mol. The van der Waals surface area contributed by atoms with Crippen molar-refractivity contribution >= 4 is 23.1 Å². The van der Waals surface area contributed by atoms with E-state index in [1.165, 1.54) is 83.4 Å². The summed E-state index contributed by atoms with van der Waals surface area (Å²) in [6, 6.07) is 0. The number of aliphatic carboxylic acids is 1. The fraction of sp³-hybridized carbons (Fsp3) is 0.739. The van der Waals surface area contributed by atoms with Crippen molar-refractivity contribution < 1.29 is 15.0 Å². The highest BCUT2D eigenvalue weighted by atomic mass is 16.4. The van der Waals surface area contributed by atoms with Crippen molar-refractivity contribution in [3.8, 4) is 0 Å². The van der Waals surface area contributed by atoms with Gasteiger partial charge in [0, 0.05) is 0 Å². The van der Waals surface area contributed by atoms with Crippen molar-refractivity contribution in [3.05, 3.63) is 16.7 Å². The number of rotatable bonds is 16. The van der Waals surface area contributed by atoms with E-state index in [0.717, 1.165) is 12.8 Å². The van der Waals surface area contributed by atoms with Crippen LogP contribution in [-0.2, 0) is 4.79 Å². The average molecular weight is 452 g/mol. The molecule has 9 nitrogen and oxygen atoms in total. The van der Waals surface area contributed by atoms with Crippen LogP contribution in [0.5, 0.6) is 0 Å². The zero-order valence-corrected chi connectivity index (χ0v) is 19.4. The van der Waals surface area contributed by atoms with E-state index in [1.54, 1.807) is 0 Å². The number of nitrogens with one attached hydrogen (secondary N) is 2. The fourth-order valence-electron chi connectivity index (χ4n) is 3.52. The summed E-state index contributed by atoms with van der Waals surface area (Å²) in [5.74, 6) is -1.01. The van der Waals surface area contributed by atoms with Crippen LogP contribution < -0.4 is 11.3 Å². The first-order valence-electron chi connectivity index (χ1n) is 12.1. The molecule has 0 aliphatic rings. The quantitative estimate of drug-likeness (QED) is 0.234. The van der Waals surface area contributed by atoms with E-state index in [2.05, 4.69) is 26.9 Å². The molecule has 6 N–H and O–H groups in total. The molecule has 0 spiro atoms. The molecule has 0 aromatic carbocycles. The number of carboxylic acids is 1. The van der Waals surface area contributed by atoms with E-state index < -0.39 is 12.1 Å². The molecule has 2 aromatic rings. The summed E-state index contributed by atoms with van der Waals surface area (Å²) in [4.78, 5) is 34.0. The van der Waals surface area contributed by atoms with E-state index in [9.17, 15) is 9.59 Å². The Kier molecular flexibility index (Phi) is 14.8. The normalized spacial score (nSPS) is 11.8. The number of carboxylic acid groups (broad SMARTS) is 1. The van der Waals surface area contributed by atoms with E-state index in [1.807, 2.05) is 0 Å². The van der Waals surface area contributed by atoms with E-state index in [0.29, 0.717) is 17.6 Å². The highest BCUT2D eigenvalue weighted by molar-refractivity contribution is 5.71. The minimum Gasteiger partial charge on any atom is -0.479 e. The Morgan fingerprint density at radius 1 is 0.969 bits per heavy atom. The maximum atomic E-state index is 11.0. The standard InChI is InChI=1S/C18H36O3.C5H5N5O/c1-2-3-4-5-6-7-8-9-10-11-12-13-14-15-16-17(19)18(20)21;6-5-9-3-2(4(11)10-5)7-1-8-3/h17,19H,2-16H2,1H3,(H,20,21);1H,(H4,6,7,8,9,10,11). The van der Waals surface area contributed by atoms with Gasteiger partial charge in [0.2, 0.25) is 5.95 Å². The van der Waals surface area contributed by atoms with Gasteiger partial charge in [-0.1, -0.05) is 96.8 Å². The lowest BCUT2D eigenvalue weighted by molar-refractivity contribution is -0.146. The zero-order valence-electron chi connectivity index (χ0n) is 19.4. The number of fused-ring (bicyclic) bond motifs is 1. The van der Waals surface area contributed by atoms with Crippen LogP contribution in [0.25, 0.3) is 11.2 Å². The maximum Gasteiger partial charge on any atom is 0.332 e. The third-order valence-electron chi connectivity index (χ3n) is 5.43. The molecule has 32 heavy (non-hydrogen) atoms. The van der Waals surface area contributed by atoms with Crippen LogP contribution in [0.15, 0.2) is 11.1 Å². The Morgan fingerprint density at radius 3 is 1.97 bits per heavy atom. The van der Waals surface area contributed by atoms with Gasteiger partial charge in [-0.2, -0.15) is 4.98 Å². The molecule has 0 saturated carbocycles. The van der Waals surface area contributed by atoms with E-state index in [4.69, 9.17) is 15.9 Å². The number of aromatic amines is 2. The van der Waals surface area contributed by atoms with E-state index in [-0.39, 0.29) is 11.5 Å². The summed E-state index contributed by atoms with van der Waals surface area (Å²) >= 11 is 0. The maximum absolute atomic E-state index is 11.0. The molecule has 0 aliphatic carbocycles. The molecule has 2 heterocycles. The summed E-state index contributed by atoms with van der Waals surface area (Å²) < 4.78 is 0. The summed E-state index contributed by atoms with van der Waals surface area (Å²) in [6.07, 6.45) is 18.7. The van der Waals surface area contributed by atoms with Crippen LogP contribution in [0.3, 0.4) is 0 Å². The minimum atomic E-state index is -1.16. The van der Waals surface area contributed by atoms with Crippen LogP contribution in [-0.4, -0.2) is 42.2 Å². The number of aromatic nitrogens is 4. The predicted octanol–water partition coefficient (Wildman–Crippen LogP) is 4.53. The Morgan fingerprint density at radius 2 is 1.47 bits per heavy atom. The van der Waals surface area contributed by atoms with Gasteiger partial charge in [0.15, 0.2) is 17.3 Å². The number of nitrogens with two attached hydrogens (primary N) is 1. The number of carbonyl (C=O) groups is 1. The number of aliphatic hydroxyl groups is 1. The molecule has 2 aromatic heterocycles. The fourth-order valence-corrected chi connectivity index (χ4v) is 3.52. The molecule has 1 unspecified atom stereocenters. The third-order valence-corrected chi connectivity index (χ3v) is 5.43. The number of H-pyrrole nitrogens is 2. The van der Waals surface area contributed by atoms with Gasteiger partial charge in [0.1, 0.15) is 0 Å². The van der Waals surface area contributed by atoms with Gasteiger partial charge in [0.25, 0.3) is 5.56 Å². The Balaban J connectivity index is 0.000000382. The molecular formula is C23H41N5O4. The first-order chi connectivity index (χ1) is 15.5. The molecule has 182 valence electrons. The first-order valence-corrected chi connectivity index (χ1v) is 12.1. The first kappa shape index (κ1) is 27.6. The van der Waals surface area contributed by atoms with Gasteiger partial charge in [-0.15, -0.1) is 0 Å². The Hall–Kier alpha value is -2.42. The van der Waals surface area contributed by atoms with Gasteiger partial charge in [0.05, 0.1) is 6.33 Å². The van der Waals surface area contributed by atoms with Crippen LogP contribution in [0.4, 0.5) is 5.95 Å². The van der Waals surface area contributed by atoms with Gasteiger partial charge >= 0.3 is 5.97 Å². The predicted molar refractivity (Wildman–Crippen MR) is 127 cm³/mol. The molecule has 0 bridgehead atoms. The molecular weight excluding hydrogens is 410 g/mol. The SMILES string of the molecule is CCCCCCCCCCCCCCCCC(O)C(=O)O.Nc1nc2nc[nH]c2c(=O)[nH]1. The lowest BCUT2D eigenvalue weighted by atomic mass is 10.0. The van der Waals surface area contributed by atoms with Gasteiger partial charge < -0.3 is 20.9 Å².